The average molecular weight is 366 g/mol. The number of benzene rings is 2. The number of ether oxygens (including phenoxy) is 2. The van der Waals surface area contributed by atoms with Gasteiger partial charge in [0.25, 0.3) is 5.91 Å². The van der Waals surface area contributed by atoms with E-state index >= 15 is 0 Å². The highest BCUT2D eigenvalue weighted by atomic mass is 16.5. The molecular weight excluding hydrogens is 344 g/mol. The van der Waals surface area contributed by atoms with Gasteiger partial charge in [0.2, 0.25) is 0 Å². The summed E-state index contributed by atoms with van der Waals surface area (Å²) in [6, 6.07) is 15.0. The van der Waals surface area contributed by atoms with E-state index in [1.165, 1.54) is 0 Å². The summed E-state index contributed by atoms with van der Waals surface area (Å²) in [4.78, 5) is 12.7. The zero-order valence-electron chi connectivity index (χ0n) is 15.6. The molecule has 0 radical (unpaired) electrons. The van der Waals surface area contributed by atoms with E-state index in [-0.39, 0.29) is 18.2 Å². The molecular formula is C21H22N2O4. The van der Waals surface area contributed by atoms with Crippen molar-refractivity contribution in [3.8, 4) is 11.5 Å². The van der Waals surface area contributed by atoms with Crippen LogP contribution in [0.2, 0.25) is 0 Å². The summed E-state index contributed by atoms with van der Waals surface area (Å²) in [7, 11) is 1.58. The normalized spacial score (nSPS) is 10.5. The Bertz CT molecular complexity index is 933. The van der Waals surface area contributed by atoms with E-state index in [0.717, 1.165) is 17.7 Å². The molecule has 3 rings (SSSR count). The van der Waals surface area contributed by atoms with Crippen LogP contribution in [-0.4, -0.2) is 18.2 Å². The third-order valence-corrected chi connectivity index (χ3v) is 4.29. The molecule has 3 aromatic rings. The van der Waals surface area contributed by atoms with Gasteiger partial charge in [0.05, 0.1) is 12.7 Å². The van der Waals surface area contributed by atoms with Gasteiger partial charge < -0.3 is 19.3 Å². The Morgan fingerprint density at radius 2 is 1.81 bits per heavy atom. The number of anilines is 1. The van der Waals surface area contributed by atoms with Crippen molar-refractivity contribution in [2.45, 2.75) is 26.9 Å². The Hall–Kier alpha value is -3.28. The first-order chi connectivity index (χ1) is 13.1. The van der Waals surface area contributed by atoms with Crippen LogP contribution < -0.4 is 14.8 Å². The first-order valence-electron chi connectivity index (χ1n) is 8.74. The zero-order chi connectivity index (χ0) is 19.2. The Balaban J connectivity index is 1.79. The number of aromatic nitrogens is 1. The summed E-state index contributed by atoms with van der Waals surface area (Å²) in [5, 5.41) is 6.83. The van der Waals surface area contributed by atoms with Crippen LogP contribution in [0.4, 0.5) is 5.69 Å². The van der Waals surface area contributed by atoms with Gasteiger partial charge in [-0.2, -0.15) is 0 Å². The molecule has 1 amide bonds. The molecule has 1 aromatic heterocycles. The van der Waals surface area contributed by atoms with Crippen LogP contribution in [0.1, 0.15) is 34.3 Å². The molecule has 6 heteroatoms. The van der Waals surface area contributed by atoms with Gasteiger partial charge in [0.1, 0.15) is 12.4 Å². The van der Waals surface area contributed by atoms with E-state index in [4.69, 9.17) is 14.0 Å². The molecule has 1 N–H and O–H groups in total. The van der Waals surface area contributed by atoms with E-state index < -0.39 is 0 Å². The van der Waals surface area contributed by atoms with Crippen molar-refractivity contribution in [3.05, 3.63) is 71.1 Å². The molecule has 6 nitrogen and oxygen atoms in total. The highest BCUT2D eigenvalue weighted by Crippen LogP contribution is 2.28. The quantitative estimate of drug-likeness (QED) is 0.671. The molecule has 0 bridgehead atoms. The third-order valence-electron chi connectivity index (χ3n) is 4.29. The smallest absolute Gasteiger partial charge is 0.278 e. The van der Waals surface area contributed by atoms with Gasteiger partial charge in [-0.05, 0) is 37.1 Å². The van der Waals surface area contributed by atoms with Crippen LogP contribution >= 0.6 is 0 Å². The Labute approximate surface area is 158 Å². The maximum absolute atomic E-state index is 12.7. The Morgan fingerprint density at radius 3 is 2.56 bits per heavy atom. The van der Waals surface area contributed by atoms with Crippen LogP contribution in [0.25, 0.3) is 0 Å². The van der Waals surface area contributed by atoms with Crippen molar-refractivity contribution in [1.82, 2.24) is 5.16 Å². The number of rotatable bonds is 7. The highest BCUT2D eigenvalue weighted by molar-refractivity contribution is 6.04. The van der Waals surface area contributed by atoms with E-state index in [1.54, 1.807) is 20.1 Å². The lowest BCUT2D eigenvalue weighted by Gasteiger charge is -2.11. The number of hydrogen-bond acceptors (Lipinski definition) is 5. The van der Waals surface area contributed by atoms with Crippen molar-refractivity contribution >= 4 is 11.6 Å². The number of nitrogens with one attached hydrogen (secondary N) is 1. The number of nitrogens with zero attached hydrogens (tertiary/aromatic N) is 1. The summed E-state index contributed by atoms with van der Waals surface area (Å²) in [6.45, 7) is 3.94. The SMILES string of the molecule is CCc1ccccc1NC(=O)c1noc(C)c1COc1ccccc1OC. The van der Waals surface area contributed by atoms with E-state index in [2.05, 4.69) is 10.5 Å². The van der Waals surface area contributed by atoms with Crippen molar-refractivity contribution in [2.24, 2.45) is 0 Å². The first kappa shape index (κ1) is 18.5. The minimum atomic E-state index is -0.327. The number of methoxy groups -OCH3 is 1. The summed E-state index contributed by atoms with van der Waals surface area (Å²) >= 11 is 0. The number of carbonyl (C=O) groups is 1. The van der Waals surface area contributed by atoms with Crippen LogP contribution in [-0.2, 0) is 13.0 Å². The molecule has 2 aromatic carbocycles. The van der Waals surface area contributed by atoms with Crippen molar-refractivity contribution in [2.75, 3.05) is 12.4 Å². The number of hydrogen-bond donors (Lipinski definition) is 1. The molecule has 0 aliphatic carbocycles. The minimum absolute atomic E-state index is 0.147. The largest absolute Gasteiger partial charge is 0.493 e. The monoisotopic (exact) mass is 366 g/mol. The lowest BCUT2D eigenvalue weighted by molar-refractivity contribution is 0.101. The van der Waals surface area contributed by atoms with E-state index in [9.17, 15) is 4.79 Å². The molecule has 0 aliphatic heterocycles. The zero-order valence-corrected chi connectivity index (χ0v) is 15.6. The van der Waals surface area contributed by atoms with Crippen LogP contribution in [0, 0.1) is 6.92 Å². The predicted octanol–water partition coefficient (Wildman–Crippen LogP) is 4.39. The summed E-state index contributed by atoms with van der Waals surface area (Å²) in [5.74, 6) is 1.42. The topological polar surface area (TPSA) is 73.6 Å². The number of amides is 1. The molecule has 0 spiro atoms. The molecule has 0 atom stereocenters. The minimum Gasteiger partial charge on any atom is -0.493 e. The Morgan fingerprint density at radius 1 is 1.11 bits per heavy atom. The third kappa shape index (κ3) is 4.11. The molecule has 0 saturated heterocycles. The molecule has 0 fully saturated rings. The van der Waals surface area contributed by atoms with Gasteiger partial charge >= 0.3 is 0 Å². The molecule has 27 heavy (non-hydrogen) atoms. The fourth-order valence-corrected chi connectivity index (χ4v) is 2.76. The van der Waals surface area contributed by atoms with Gasteiger partial charge in [0, 0.05) is 5.69 Å². The van der Waals surface area contributed by atoms with Gasteiger partial charge in [-0.15, -0.1) is 0 Å². The molecule has 0 aliphatic rings. The van der Waals surface area contributed by atoms with Crippen molar-refractivity contribution < 1.29 is 18.8 Å². The fraction of sp³-hybridized carbons (Fsp3) is 0.238. The van der Waals surface area contributed by atoms with Crippen molar-refractivity contribution in [1.29, 1.82) is 0 Å². The summed E-state index contributed by atoms with van der Waals surface area (Å²) in [5.41, 5.74) is 2.64. The van der Waals surface area contributed by atoms with Gasteiger partial charge in [-0.1, -0.05) is 42.4 Å². The second-order valence-corrected chi connectivity index (χ2v) is 5.97. The molecule has 0 saturated carbocycles. The van der Waals surface area contributed by atoms with Crippen molar-refractivity contribution in [3.63, 3.8) is 0 Å². The van der Waals surface area contributed by atoms with Gasteiger partial charge in [0.15, 0.2) is 17.2 Å². The lowest BCUT2D eigenvalue weighted by atomic mass is 10.1. The second kappa shape index (κ2) is 8.40. The first-order valence-corrected chi connectivity index (χ1v) is 8.74. The highest BCUT2D eigenvalue weighted by Gasteiger charge is 2.21. The maximum Gasteiger partial charge on any atom is 0.278 e. The van der Waals surface area contributed by atoms with Crippen LogP contribution in [0.5, 0.6) is 11.5 Å². The number of carbonyl (C=O) groups excluding carboxylic acids is 1. The second-order valence-electron chi connectivity index (χ2n) is 5.97. The molecule has 0 unspecified atom stereocenters. The molecule has 140 valence electrons. The number of aryl methyl sites for hydroxylation is 2. The summed E-state index contributed by atoms with van der Waals surface area (Å²) < 4.78 is 16.4. The maximum atomic E-state index is 12.7. The van der Waals surface area contributed by atoms with Gasteiger partial charge in [-0.25, -0.2) is 0 Å². The number of para-hydroxylation sites is 3. The van der Waals surface area contributed by atoms with Gasteiger partial charge in [-0.3, -0.25) is 4.79 Å². The lowest BCUT2D eigenvalue weighted by Crippen LogP contribution is -2.16. The predicted molar refractivity (Wildman–Crippen MR) is 102 cm³/mol. The van der Waals surface area contributed by atoms with Crippen LogP contribution in [0.3, 0.4) is 0 Å². The van der Waals surface area contributed by atoms with Crippen LogP contribution in [0.15, 0.2) is 53.1 Å². The average Bonchev–Trinajstić information content (AvgIpc) is 3.07. The van der Waals surface area contributed by atoms with E-state index in [1.807, 2.05) is 49.4 Å². The fourth-order valence-electron chi connectivity index (χ4n) is 2.76. The Kier molecular flexibility index (Phi) is 5.76. The standard InChI is InChI=1S/C21H22N2O4/c1-4-15-9-5-6-10-17(15)22-21(24)20-16(14(2)27-23-20)13-26-19-12-8-7-11-18(19)25-3/h5-12H,4,13H2,1-3H3,(H,22,24). The molecule has 1 heterocycles. The van der Waals surface area contributed by atoms with E-state index in [0.29, 0.717) is 22.8 Å². The summed E-state index contributed by atoms with van der Waals surface area (Å²) in [6.07, 6.45) is 0.818.